The van der Waals surface area contributed by atoms with E-state index in [9.17, 15) is 18.8 Å². The summed E-state index contributed by atoms with van der Waals surface area (Å²) >= 11 is 6.14. The van der Waals surface area contributed by atoms with E-state index in [1.54, 1.807) is 11.0 Å². The van der Waals surface area contributed by atoms with Gasteiger partial charge in [-0.15, -0.1) is 0 Å². The fourth-order valence-corrected chi connectivity index (χ4v) is 4.91. The summed E-state index contributed by atoms with van der Waals surface area (Å²) in [5, 5.41) is 3.46. The van der Waals surface area contributed by atoms with Crippen molar-refractivity contribution in [2.75, 3.05) is 13.1 Å². The SMILES string of the molecule is O=C(Cc1ccccc1Cl)N1CCC(N2C(=O)NC3CCC(F)CC3C2=O)CC1. The number of piperidine rings is 1. The number of fused-ring (bicyclic) bond motifs is 1. The molecular formula is C21H25ClFN3O3. The zero-order valence-corrected chi connectivity index (χ0v) is 16.9. The predicted octanol–water partition coefficient (Wildman–Crippen LogP) is 2.93. The van der Waals surface area contributed by atoms with Gasteiger partial charge in [-0.25, -0.2) is 9.18 Å². The van der Waals surface area contributed by atoms with Gasteiger partial charge in [0.05, 0.1) is 12.3 Å². The maximum Gasteiger partial charge on any atom is 0.324 e. The minimum absolute atomic E-state index is 0.0152. The van der Waals surface area contributed by atoms with Crippen LogP contribution in [0.4, 0.5) is 9.18 Å². The molecule has 3 unspecified atom stereocenters. The third kappa shape index (κ3) is 4.10. The normalized spacial score (nSPS) is 28.1. The summed E-state index contributed by atoms with van der Waals surface area (Å²) in [5.41, 5.74) is 0.788. The Kier molecular flexibility index (Phi) is 5.76. The lowest BCUT2D eigenvalue weighted by Crippen LogP contribution is -2.65. The summed E-state index contributed by atoms with van der Waals surface area (Å²) in [4.78, 5) is 41.1. The molecule has 0 bridgehead atoms. The zero-order valence-electron chi connectivity index (χ0n) is 16.2. The van der Waals surface area contributed by atoms with Crippen LogP contribution in [0.15, 0.2) is 24.3 Å². The molecular weight excluding hydrogens is 397 g/mol. The number of halogens is 2. The molecule has 6 nitrogen and oxygen atoms in total. The molecule has 2 heterocycles. The molecule has 3 atom stereocenters. The number of benzene rings is 1. The molecule has 3 aliphatic rings. The van der Waals surface area contributed by atoms with E-state index < -0.39 is 12.1 Å². The monoisotopic (exact) mass is 421 g/mol. The molecule has 1 aromatic carbocycles. The van der Waals surface area contributed by atoms with Crippen LogP contribution in [0, 0.1) is 5.92 Å². The number of rotatable bonds is 3. The summed E-state index contributed by atoms with van der Waals surface area (Å²) in [5.74, 6) is -0.753. The second-order valence-electron chi connectivity index (χ2n) is 8.16. The van der Waals surface area contributed by atoms with Gasteiger partial charge < -0.3 is 10.2 Å². The number of likely N-dealkylation sites (tertiary alicyclic amines) is 1. The van der Waals surface area contributed by atoms with Gasteiger partial charge in [0.15, 0.2) is 0 Å². The number of urea groups is 1. The zero-order chi connectivity index (χ0) is 20.5. The van der Waals surface area contributed by atoms with E-state index >= 15 is 0 Å². The topological polar surface area (TPSA) is 69.7 Å². The standard InChI is InChI=1S/C21H25ClFN3O3/c22-17-4-2-1-3-13(17)11-19(27)25-9-7-15(8-10-25)26-20(28)16-12-14(23)5-6-18(16)24-21(26)29/h1-4,14-16,18H,5-12H2,(H,24,29). The van der Waals surface area contributed by atoms with Crippen LogP contribution >= 0.6 is 11.6 Å². The molecule has 2 aliphatic heterocycles. The average molecular weight is 422 g/mol. The van der Waals surface area contributed by atoms with Crippen molar-refractivity contribution in [3.8, 4) is 0 Å². The van der Waals surface area contributed by atoms with Gasteiger partial charge in [0.1, 0.15) is 6.17 Å². The number of nitrogens with one attached hydrogen (secondary N) is 1. The summed E-state index contributed by atoms with van der Waals surface area (Å²) in [6.07, 6.45) is 1.38. The molecule has 1 N–H and O–H groups in total. The van der Waals surface area contributed by atoms with Crippen molar-refractivity contribution in [1.82, 2.24) is 15.1 Å². The molecule has 4 rings (SSSR count). The highest BCUT2D eigenvalue weighted by atomic mass is 35.5. The van der Waals surface area contributed by atoms with Crippen LogP contribution in [-0.2, 0) is 16.0 Å². The first-order valence-corrected chi connectivity index (χ1v) is 10.6. The summed E-state index contributed by atoms with van der Waals surface area (Å²) in [6, 6.07) is 6.38. The van der Waals surface area contributed by atoms with Gasteiger partial charge in [-0.2, -0.15) is 0 Å². The van der Waals surface area contributed by atoms with E-state index in [-0.39, 0.29) is 42.8 Å². The molecule has 0 radical (unpaired) electrons. The Morgan fingerprint density at radius 2 is 1.86 bits per heavy atom. The Morgan fingerprint density at radius 1 is 1.14 bits per heavy atom. The number of hydrogen-bond donors (Lipinski definition) is 1. The van der Waals surface area contributed by atoms with Gasteiger partial charge >= 0.3 is 6.03 Å². The van der Waals surface area contributed by atoms with Crippen molar-refractivity contribution in [1.29, 1.82) is 0 Å². The van der Waals surface area contributed by atoms with Crippen LogP contribution in [0.3, 0.4) is 0 Å². The highest BCUT2D eigenvalue weighted by Gasteiger charge is 2.47. The second kappa shape index (κ2) is 8.30. The number of imide groups is 1. The minimum Gasteiger partial charge on any atom is -0.342 e. The highest BCUT2D eigenvalue weighted by molar-refractivity contribution is 6.31. The van der Waals surface area contributed by atoms with E-state index in [4.69, 9.17) is 11.6 Å². The fourth-order valence-electron chi connectivity index (χ4n) is 4.71. The van der Waals surface area contributed by atoms with Crippen LogP contribution in [-0.4, -0.2) is 59.0 Å². The molecule has 1 aromatic rings. The molecule has 3 fully saturated rings. The van der Waals surface area contributed by atoms with Crippen molar-refractivity contribution in [3.63, 3.8) is 0 Å². The molecule has 8 heteroatoms. The second-order valence-corrected chi connectivity index (χ2v) is 8.57. The predicted molar refractivity (Wildman–Crippen MR) is 106 cm³/mol. The molecule has 0 spiro atoms. The lowest BCUT2D eigenvalue weighted by atomic mass is 9.80. The van der Waals surface area contributed by atoms with E-state index in [0.717, 1.165) is 5.56 Å². The molecule has 1 saturated carbocycles. The van der Waals surface area contributed by atoms with E-state index in [1.165, 1.54) is 4.90 Å². The van der Waals surface area contributed by atoms with E-state index in [0.29, 0.717) is 43.8 Å². The first kappa shape index (κ1) is 20.1. The van der Waals surface area contributed by atoms with Crippen LogP contribution in [0.2, 0.25) is 5.02 Å². The Morgan fingerprint density at radius 3 is 2.59 bits per heavy atom. The third-order valence-corrected chi connectivity index (χ3v) is 6.72. The smallest absolute Gasteiger partial charge is 0.324 e. The Bertz CT molecular complexity index is 812. The number of nitrogens with zero attached hydrogens (tertiary/aromatic N) is 2. The Labute approximate surface area is 174 Å². The number of carbonyl (C=O) groups excluding carboxylic acids is 3. The molecule has 0 aromatic heterocycles. The van der Waals surface area contributed by atoms with Gasteiger partial charge in [-0.3, -0.25) is 14.5 Å². The number of carbonyl (C=O) groups is 3. The number of alkyl halides is 1. The van der Waals surface area contributed by atoms with Crippen molar-refractivity contribution >= 4 is 29.4 Å². The fraction of sp³-hybridized carbons (Fsp3) is 0.571. The third-order valence-electron chi connectivity index (χ3n) is 6.35. The van der Waals surface area contributed by atoms with E-state index in [1.807, 2.05) is 18.2 Å². The largest absolute Gasteiger partial charge is 0.342 e. The van der Waals surface area contributed by atoms with Crippen LogP contribution in [0.25, 0.3) is 0 Å². The minimum atomic E-state index is -0.985. The highest BCUT2D eigenvalue weighted by Crippen LogP contribution is 2.33. The molecule has 1 aliphatic carbocycles. The van der Waals surface area contributed by atoms with Gasteiger partial charge in [-0.1, -0.05) is 29.8 Å². The first-order chi connectivity index (χ1) is 13.9. The van der Waals surface area contributed by atoms with Gasteiger partial charge in [-0.05, 0) is 43.7 Å². The van der Waals surface area contributed by atoms with Crippen LogP contribution in [0.1, 0.15) is 37.7 Å². The van der Waals surface area contributed by atoms with Crippen LogP contribution < -0.4 is 5.32 Å². The maximum atomic E-state index is 13.8. The van der Waals surface area contributed by atoms with Crippen molar-refractivity contribution in [3.05, 3.63) is 34.9 Å². The molecule has 2 saturated heterocycles. The molecule has 156 valence electrons. The maximum absolute atomic E-state index is 13.8. The van der Waals surface area contributed by atoms with Gasteiger partial charge in [0, 0.05) is 30.2 Å². The van der Waals surface area contributed by atoms with Crippen molar-refractivity contribution in [2.24, 2.45) is 5.92 Å². The number of amides is 4. The Balaban J connectivity index is 1.36. The van der Waals surface area contributed by atoms with Crippen molar-refractivity contribution < 1.29 is 18.8 Å². The van der Waals surface area contributed by atoms with E-state index in [2.05, 4.69) is 5.32 Å². The van der Waals surface area contributed by atoms with Crippen molar-refractivity contribution in [2.45, 2.75) is 56.8 Å². The quantitative estimate of drug-likeness (QED) is 0.815. The van der Waals surface area contributed by atoms with Gasteiger partial charge in [0.25, 0.3) is 0 Å². The Hall–Kier alpha value is -2.15. The first-order valence-electron chi connectivity index (χ1n) is 10.2. The average Bonchev–Trinajstić information content (AvgIpc) is 2.71. The summed E-state index contributed by atoms with van der Waals surface area (Å²) < 4.78 is 13.8. The summed E-state index contributed by atoms with van der Waals surface area (Å²) in [7, 11) is 0. The lowest BCUT2D eigenvalue weighted by Gasteiger charge is -2.45. The number of hydrogen-bond acceptors (Lipinski definition) is 3. The molecule has 29 heavy (non-hydrogen) atoms. The summed E-state index contributed by atoms with van der Waals surface area (Å²) in [6.45, 7) is 0.954. The lowest BCUT2D eigenvalue weighted by molar-refractivity contribution is -0.141. The van der Waals surface area contributed by atoms with Gasteiger partial charge in [0.2, 0.25) is 11.8 Å². The molecule has 4 amide bonds. The van der Waals surface area contributed by atoms with Crippen LogP contribution in [0.5, 0.6) is 0 Å².